The molecule has 0 saturated heterocycles. The number of hydrogen-bond donors (Lipinski definition) is 1. The van der Waals surface area contributed by atoms with Gasteiger partial charge in [0.1, 0.15) is 17.1 Å². The first-order valence-electron chi connectivity index (χ1n) is 7.98. The maximum Gasteiger partial charge on any atom is 0.417 e. The number of halogens is 3. The second kappa shape index (κ2) is 7.63. The number of rotatable bonds is 5. The molecule has 28 heavy (non-hydrogen) atoms. The van der Waals surface area contributed by atoms with Gasteiger partial charge in [-0.3, -0.25) is 4.79 Å². The molecule has 0 aliphatic carbocycles. The smallest absolute Gasteiger partial charge is 0.417 e. The average Bonchev–Trinajstić information content (AvgIpc) is 2.65. The van der Waals surface area contributed by atoms with E-state index in [9.17, 15) is 22.8 Å². The van der Waals surface area contributed by atoms with Crippen molar-refractivity contribution in [3.8, 4) is 11.5 Å². The Morgan fingerprint density at radius 1 is 1.07 bits per heavy atom. The van der Waals surface area contributed by atoms with Crippen molar-refractivity contribution in [2.45, 2.75) is 6.18 Å². The molecule has 0 aliphatic rings. The molecular formula is C19H14F3NO5. The van der Waals surface area contributed by atoms with E-state index in [0.29, 0.717) is 11.4 Å². The fourth-order valence-electron chi connectivity index (χ4n) is 2.49. The number of nitrogens with one attached hydrogen (secondary N) is 1. The summed E-state index contributed by atoms with van der Waals surface area (Å²) in [6.45, 7) is -0.536. The SMILES string of the molecule is COc1ccc(NC(=O)COc2cc(C(F)(F)F)c3ccc(=O)oc3c2)cc1. The normalized spacial score (nSPS) is 11.3. The van der Waals surface area contributed by atoms with Gasteiger partial charge in [0.05, 0.1) is 12.7 Å². The first-order chi connectivity index (χ1) is 13.3. The highest BCUT2D eigenvalue weighted by Crippen LogP contribution is 2.37. The van der Waals surface area contributed by atoms with E-state index in [1.807, 2.05) is 0 Å². The maximum atomic E-state index is 13.3. The first kappa shape index (κ1) is 19.3. The van der Waals surface area contributed by atoms with E-state index in [2.05, 4.69) is 5.32 Å². The molecule has 0 radical (unpaired) electrons. The summed E-state index contributed by atoms with van der Waals surface area (Å²) in [6, 6.07) is 10.3. The van der Waals surface area contributed by atoms with E-state index in [0.717, 1.165) is 24.3 Å². The van der Waals surface area contributed by atoms with Crippen LogP contribution in [-0.4, -0.2) is 19.6 Å². The fraction of sp³-hybridized carbons (Fsp3) is 0.158. The number of amides is 1. The van der Waals surface area contributed by atoms with Gasteiger partial charge in [-0.05, 0) is 36.4 Å². The summed E-state index contributed by atoms with van der Waals surface area (Å²) in [5, 5.41) is 2.26. The van der Waals surface area contributed by atoms with Crippen LogP contribution in [-0.2, 0) is 11.0 Å². The van der Waals surface area contributed by atoms with Crippen molar-refractivity contribution in [2.75, 3.05) is 19.0 Å². The van der Waals surface area contributed by atoms with Crippen molar-refractivity contribution in [1.82, 2.24) is 0 Å². The first-order valence-corrected chi connectivity index (χ1v) is 7.98. The van der Waals surface area contributed by atoms with Crippen LogP contribution < -0.4 is 20.4 Å². The molecule has 3 rings (SSSR count). The Morgan fingerprint density at radius 3 is 2.43 bits per heavy atom. The van der Waals surface area contributed by atoms with Crippen LogP contribution in [0.3, 0.4) is 0 Å². The standard InChI is InChI=1S/C19H14F3NO5/c1-26-12-4-2-11(3-5-12)23-17(24)10-27-13-8-15(19(20,21)22)14-6-7-18(25)28-16(14)9-13/h2-9H,10H2,1H3,(H,23,24). The van der Waals surface area contributed by atoms with Gasteiger partial charge >= 0.3 is 11.8 Å². The summed E-state index contributed by atoms with van der Waals surface area (Å²) in [5.74, 6) is -0.223. The molecule has 1 amide bonds. The summed E-state index contributed by atoms with van der Waals surface area (Å²) in [6.07, 6.45) is -4.69. The number of anilines is 1. The molecule has 0 saturated carbocycles. The zero-order valence-electron chi connectivity index (χ0n) is 14.5. The van der Waals surface area contributed by atoms with Crippen molar-refractivity contribution in [2.24, 2.45) is 0 Å². The van der Waals surface area contributed by atoms with Gasteiger partial charge in [0, 0.05) is 23.2 Å². The average molecular weight is 393 g/mol. The molecule has 1 heterocycles. The number of hydrogen-bond acceptors (Lipinski definition) is 5. The van der Waals surface area contributed by atoms with Crippen LogP contribution in [0.4, 0.5) is 18.9 Å². The molecule has 0 aliphatic heterocycles. The third-order valence-corrected chi connectivity index (χ3v) is 3.76. The second-order valence-electron chi connectivity index (χ2n) is 5.70. The molecule has 2 aromatic carbocycles. The molecule has 0 unspecified atom stereocenters. The van der Waals surface area contributed by atoms with E-state index in [-0.39, 0.29) is 16.7 Å². The van der Waals surface area contributed by atoms with Crippen LogP contribution in [0.25, 0.3) is 11.0 Å². The molecule has 146 valence electrons. The number of benzene rings is 2. The third kappa shape index (κ3) is 4.43. The largest absolute Gasteiger partial charge is 0.497 e. The van der Waals surface area contributed by atoms with Crippen LogP contribution in [0.5, 0.6) is 11.5 Å². The Kier molecular flexibility index (Phi) is 5.25. The number of carbonyl (C=O) groups excluding carboxylic acids is 1. The van der Waals surface area contributed by atoms with Gasteiger partial charge in [-0.25, -0.2) is 4.79 Å². The molecule has 0 bridgehead atoms. The van der Waals surface area contributed by atoms with Crippen LogP contribution in [0, 0.1) is 0 Å². The predicted molar refractivity (Wildman–Crippen MR) is 94.6 cm³/mol. The van der Waals surface area contributed by atoms with Gasteiger partial charge in [0.15, 0.2) is 6.61 Å². The molecule has 9 heteroatoms. The zero-order chi connectivity index (χ0) is 20.3. The highest BCUT2D eigenvalue weighted by molar-refractivity contribution is 5.92. The highest BCUT2D eigenvalue weighted by Gasteiger charge is 2.34. The van der Waals surface area contributed by atoms with Crippen LogP contribution in [0.1, 0.15) is 5.56 Å². The minimum atomic E-state index is -4.69. The minimum Gasteiger partial charge on any atom is -0.497 e. The van der Waals surface area contributed by atoms with Crippen LogP contribution >= 0.6 is 0 Å². The molecule has 1 aromatic heterocycles. The Bertz CT molecular complexity index is 1060. The van der Waals surface area contributed by atoms with Crippen molar-refractivity contribution >= 4 is 22.6 Å². The lowest BCUT2D eigenvalue weighted by atomic mass is 10.1. The van der Waals surface area contributed by atoms with Gasteiger partial charge in [0.2, 0.25) is 0 Å². The summed E-state index contributed by atoms with van der Waals surface area (Å²) < 4.78 is 54.8. The Balaban J connectivity index is 1.77. The molecule has 6 nitrogen and oxygen atoms in total. The summed E-state index contributed by atoms with van der Waals surface area (Å²) in [4.78, 5) is 23.3. The van der Waals surface area contributed by atoms with Crippen molar-refractivity contribution in [1.29, 1.82) is 0 Å². The monoisotopic (exact) mass is 393 g/mol. The Hall–Kier alpha value is -3.49. The summed E-state index contributed by atoms with van der Waals surface area (Å²) in [7, 11) is 1.50. The fourth-order valence-corrected chi connectivity index (χ4v) is 2.49. The number of fused-ring (bicyclic) bond motifs is 1. The van der Waals surface area contributed by atoms with E-state index < -0.39 is 29.9 Å². The van der Waals surface area contributed by atoms with Crippen LogP contribution in [0.15, 0.2) is 57.7 Å². The maximum absolute atomic E-state index is 13.3. The van der Waals surface area contributed by atoms with Gasteiger partial charge in [0.25, 0.3) is 5.91 Å². The van der Waals surface area contributed by atoms with Gasteiger partial charge in [-0.1, -0.05) is 0 Å². The molecular weight excluding hydrogens is 379 g/mol. The quantitative estimate of drug-likeness (QED) is 0.667. The zero-order valence-corrected chi connectivity index (χ0v) is 14.5. The van der Waals surface area contributed by atoms with Crippen molar-refractivity contribution in [3.05, 3.63) is 64.5 Å². The lowest BCUT2D eigenvalue weighted by Gasteiger charge is -2.13. The lowest BCUT2D eigenvalue weighted by Crippen LogP contribution is -2.20. The molecule has 0 fully saturated rings. The van der Waals surface area contributed by atoms with E-state index >= 15 is 0 Å². The van der Waals surface area contributed by atoms with Gasteiger partial charge < -0.3 is 19.2 Å². The Labute approximate surface area is 156 Å². The number of ether oxygens (including phenoxy) is 2. The van der Waals surface area contributed by atoms with Crippen molar-refractivity contribution in [3.63, 3.8) is 0 Å². The van der Waals surface area contributed by atoms with Crippen molar-refractivity contribution < 1.29 is 31.9 Å². The molecule has 0 spiro atoms. The number of carbonyl (C=O) groups is 1. The third-order valence-electron chi connectivity index (χ3n) is 3.76. The van der Waals surface area contributed by atoms with Gasteiger partial charge in [-0.2, -0.15) is 13.2 Å². The summed E-state index contributed by atoms with van der Waals surface area (Å²) >= 11 is 0. The highest BCUT2D eigenvalue weighted by atomic mass is 19.4. The molecule has 3 aromatic rings. The summed E-state index contributed by atoms with van der Waals surface area (Å²) in [5.41, 5.74) is -1.64. The second-order valence-corrected chi connectivity index (χ2v) is 5.70. The molecule has 1 N–H and O–H groups in total. The predicted octanol–water partition coefficient (Wildman–Crippen LogP) is 3.84. The van der Waals surface area contributed by atoms with Gasteiger partial charge in [-0.15, -0.1) is 0 Å². The number of alkyl halides is 3. The van der Waals surface area contributed by atoms with E-state index in [1.165, 1.54) is 7.11 Å². The van der Waals surface area contributed by atoms with Crippen LogP contribution in [0.2, 0.25) is 0 Å². The Morgan fingerprint density at radius 2 is 1.79 bits per heavy atom. The topological polar surface area (TPSA) is 77.8 Å². The van der Waals surface area contributed by atoms with E-state index in [1.54, 1.807) is 24.3 Å². The van der Waals surface area contributed by atoms with E-state index in [4.69, 9.17) is 13.9 Å². The number of methoxy groups -OCH3 is 1. The lowest BCUT2D eigenvalue weighted by molar-refractivity contribution is -0.136. The minimum absolute atomic E-state index is 0.251. The molecule has 0 atom stereocenters.